The first-order valence-corrected chi connectivity index (χ1v) is 6.74. The van der Waals surface area contributed by atoms with Crippen molar-refractivity contribution in [3.63, 3.8) is 0 Å². The molecule has 0 N–H and O–H groups in total. The van der Waals surface area contributed by atoms with Crippen LogP contribution < -0.4 is 4.74 Å². The van der Waals surface area contributed by atoms with Crippen molar-refractivity contribution in [3.8, 4) is 28.1 Å². The van der Waals surface area contributed by atoms with Crippen LogP contribution in [0.4, 0.5) is 13.2 Å². The lowest BCUT2D eigenvalue weighted by Crippen LogP contribution is -2.17. The zero-order valence-corrected chi connectivity index (χ0v) is 11.8. The molecule has 0 radical (unpaired) electrons. The van der Waals surface area contributed by atoms with Crippen molar-refractivity contribution in [3.05, 3.63) is 67.1 Å². The first-order valence-electron chi connectivity index (χ1n) is 6.74. The molecule has 0 unspecified atom stereocenters. The number of alkyl halides is 3. The van der Waals surface area contributed by atoms with Gasteiger partial charge in [-0.1, -0.05) is 36.4 Å². The fourth-order valence-corrected chi connectivity index (χ4v) is 2.23. The van der Waals surface area contributed by atoms with E-state index in [1.54, 1.807) is 42.6 Å². The molecule has 3 nitrogen and oxygen atoms in total. The van der Waals surface area contributed by atoms with Gasteiger partial charge in [-0.25, -0.2) is 9.97 Å². The molecule has 0 atom stereocenters. The summed E-state index contributed by atoms with van der Waals surface area (Å²) in [5.41, 5.74) is 2.45. The number of rotatable bonds is 3. The zero-order chi connectivity index (χ0) is 16.3. The fraction of sp³-hybridized carbons (Fsp3) is 0.0588. The Morgan fingerprint density at radius 1 is 0.870 bits per heavy atom. The SMILES string of the molecule is FC(F)(F)Oc1ccccc1-c1cccc(-c2ccncn2)c1. The molecule has 3 aromatic rings. The van der Waals surface area contributed by atoms with E-state index in [9.17, 15) is 13.2 Å². The van der Waals surface area contributed by atoms with Gasteiger partial charge < -0.3 is 4.74 Å². The topological polar surface area (TPSA) is 35.0 Å². The van der Waals surface area contributed by atoms with Gasteiger partial charge in [-0.15, -0.1) is 13.2 Å². The summed E-state index contributed by atoms with van der Waals surface area (Å²) in [6, 6.07) is 14.9. The van der Waals surface area contributed by atoms with Gasteiger partial charge in [-0.3, -0.25) is 0 Å². The van der Waals surface area contributed by atoms with Gasteiger partial charge in [0, 0.05) is 17.3 Å². The van der Waals surface area contributed by atoms with Crippen molar-refractivity contribution in [2.45, 2.75) is 6.36 Å². The second kappa shape index (κ2) is 6.08. The van der Waals surface area contributed by atoms with Crippen molar-refractivity contribution >= 4 is 0 Å². The third-order valence-corrected chi connectivity index (χ3v) is 3.16. The maximum absolute atomic E-state index is 12.5. The van der Waals surface area contributed by atoms with E-state index in [1.165, 1.54) is 18.5 Å². The van der Waals surface area contributed by atoms with E-state index in [-0.39, 0.29) is 5.75 Å². The Bertz CT molecular complexity index is 804. The number of hydrogen-bond donors (Lipinski definition) is 0. The largest absolute Gasteiger partial charge is 0.573 e. The molecule has 0 aliphatic carbocycles. The van der Waals surface area contributed by atoms with Crippen LogP contribution in [0.1, 0.15) is 0 Å². The second-order valence-corrected chi connectivity index (χ2v) is 4.72. The average molecular weight is 316 g/mol. The van der Waals surface area contributed by atoms with Gasteiger partial charge in [0.25, 0.3) is 0 Å². The number of benzene rings is 2. The van der Waals surface area contributed by atoms with Crippen LogP contribution in [0.3, 0.4) is 0 Å². The van der Waals surface area contributed by atoms with Crippen LogP contribution in [0.25, 0.3) is 22.4 Å². The second-order valence-electron chi connectivity index (χ2n) is 4.72. The molecule has 3 rings (SSSR count). The van der Waals surface area contributed by atoms with Gasteiger partial charge in [0.15, 0.2) is 0 Å². The lowest BCUT2D eigenvalue weighted by molar-refractivity contribution is -0.274. The minimum Gasteiger partial charge on any atom is -0.405 e. The minimum absolute atomic E-state index is 0.236. The molecule has 116 valence electrons. The summed E-state index contributed by atoms with van der Waals surface area (Å²) in [5, 5.41) is 0. The smallest absolute Gasteiger partial charge is 0.405 e. The molecule has 0 spiro atoms. The molecule has 0 saturated carbocycles. The molecule has 0 saturated heterocycles. The van der Waals surface area contributed by atoms with Crippen molar-refractivity contribution in [1.29, 1.82) is 0 Å². The quantitative estimate of drug-likeness (QED) is 0.702. The first-order chi connectivity index (χ1) is 11.0. The van der Waals surface area contributed by atoms with Crippen LogP contribution in [0.2, 0.25) is 0 Å². The average Bonchev–Trinajstić information content (AvgIpc) is 2.55. The summed E-state index contributed by atoms with van der Waals surface area (Å²) in [7, 11) is 0. The summed E-state index contributed by atoms with van der Waals surface area (Å²) in [6.07, 6.45) is -1.71. The van der Waals surface area contributed by atoms with Crippen LogP contribution >= 0.6 is 0 Å². The molecule has 0 aliphatic rings. The summed E-state index contributed by atoms with van der Waals surface area (Å²) in [5.74, 6) is -0.236. The van der Waals surface area contributed by atoms with Crippen LogP contribution in [0.5, 0.6) is 5.75 Å². The van der Waals surface area contributed by atoms with Crippen LogP contribution in [0, 0.1) is 0 Å². The van der Waals surface area contributed by atoms with Gasteiger partial charge in [0.1, 0.15) is 12.1 Å². The Labute approximate surface area is 130 Å². The first kappa shape index (κ1) is 15.0. The third kappa shape index (κ3) is 3.66. The molecule has 1 aromatic heterocycles. The Balaban J connectivity index is 2.03. The summed E-state index contributed by atoms with van der Waals surface area (Å²) in [4.78, 5) is 7.99. The predicted octanol–water partition coefficient (Wildman–Crippen LogP) is 4.71. The van der Waals surface area contributed by atoms with Crippen LogP contribution in [0.15, 0.2) is 67.1 Å². The molecule has 0 bridgehead atoms. The monoisotopic (exact) mass is 316 g/mol. The molecular weight excluding hydrogens is 305 g/mol. The minimum atomic E-state index is -4.74. The predicted molar refractivity (Wildman–Crippen MR) is 79.6 cm³/mol. The van der Waals surface area contributed by atoms with Crippen molar-refractivity contribution in [2.24, 2.45) is 0 Å². The van der Waals surface area contributed by atoms with E-state index in [0.717, 1.165) is 5.56 Å². The standard InChI is InChI=1S/C17H11F3N2O/c18-17(19,20)23-16-7-2-1-6-14(16)12-4-3-5-13(10-12)15-8-9-21-11-22-15/h1-11H. The molecule has 1 heterocycles. The molecule has 2 aromatic carbocycles. The van der Waals surface area contributed by atoms with Gasteiger partial charge >= 0.3 is 6.36 Å². The maximum atomic E-state index is 12.5. The van der Waals surface area contributed by atoms with Gasteiger partial charge in [-0.05, 0) is 23.8 Å². The molecule has 0 aliphatic heterocycles. The van der Waals surface area contributed by atoms with Crippen molar-refractivity contribution in [1.82, 2.24) is 9.97 Å². The highest BCUT2D eigenvalue weighted by Crippen LogP contribution is 2.35. The molecule has 6 heteroatoms. The number of aromatic nitrogens is 2. The zero-order valence-electron chi connectivity index (χ0n) is 11.8. The van der Waals surface area contributed by atoms with E-state index in [1.807, 2.05) is 6.07 Å². The lowest BCUT2D eigenvalue weighted by Gasteiger charge is -2.13. The van der Waals surface area contributed by atoms with E-state index in [0.29, 0.717) is 16.8 Å². The highest BCUT2D eigenvalue weighted by molar-refractivity contribution is 5.75. The molecule has 0 amide bonds. The summed E-state index contributed by atoms with van der Waals surface area (Å²) < 4.78 is 41.7. The van der Waals surface area contributed by atoms with E-state index in [4.69, 9.17) is 0 Å². The number of para-hydroxylation sites is 1. The maximum Gasteiger partial charge on any atom is 0.573 e. The van der Waals surface area contributed by atoms with Gasteiger partial charge in [0.2, 0.25) is 0 Å². The number of halogens is 3. The van der Waals surface area contributed by atoms with Crippen LogP contribution in [-0.4, -0.2) is 16.3 Å². The highest BCUT2D eigenvalue weighted by Gasteiger charge is 2.32. The normalized spacial score (nSPS) is 11.3. The number of hydrogen-bond acceptors (Lipinski definition) is 3. The fourth-order valence-electron chi connectivity index (χ4n) is 2.23. The van der Waals surface area contributed by atoms with Gasteiger partial charge in [-0.2, -0.15) is 0 Å². The van der Waals surface area contributed by atoms with Crippen molar-refractivity contribution in [2.75, 3.05) is 0 Å². The number of nitrogens with zero attached hydrogens (tertiary/aromatic N) is 2. The molecular formula is C17H11F3N2O. The molecule has 23 heavy (non-hydrogen) atoms. The van der Waals surface area contributed by atoms with E-state index < -0.39 is 6.36 Å². The summed E-state index contributed by atoms with van der Waals surface area (Å²) >= 11 is 0. The Morgan fingerprint density at radius 2 is 1.65 bits per heavy atom. The van der Waals surface area contributed by atoms with Crippen LogP contribution in [-0.2, 0) is 0 Å². The summed E-state index contributed by atoms with van der Waals surface area (Å²) in [6.45, 7) is 0. The molecule has 0 fully saturated rings. The van der Waals surface area contributed by atoms with Crippen molar-refractivity contribution < 1.29 is 17.9 Å². The Morgan fingerprint density at radius 3 is 2.39 bits per heavy atom. The van der Waals surface area contributed by atoms with E-state index >= 15 is 0 Å². The number of ether oxygens (including phenoxy) is 1. The van der Waals surface area contributed by atoms with Gasteiger partial charge in [0.05, 0.1) is 5.69 Å². The third-order valence-electron chi connectivity index (χ3n) is 3.16. The lowest BCUT2D eigenvalue weighted by atomic mass is 10.0. The van der Waals surface area contributed by atoms with E-state index in [2.05, 4.69) is 14.7 Å². The highest BCUT2D eigenvalue weighted by atomic mass is 19.4. The Hall–Kier alpha value is -2.89. The Kier molecular flexibility index (Phi) is 3.97.